The molecule has 2 aromatic rings. The normalized spacial score (nSPS) is 13.2. The Kier molecular flexibility index (Phi) is 4.57. The fraction of sp³-hybridized carbons (Fsp3) is 0.250. The fourth-order valence-electron chi connectivity index (χ4n) is 2.33. The van der Waals surface area contributed by atoms with Crippen molar-refractivity contribution in [2.45, 2.75) is 5.03 Å². The summed E-state index contributed by atoms with van der Waals surface area (Å²) in [7, 11) is 3.15. The lowest BCUT2D eigenvalue weighted by Gasteiger charge is -2.28. The number of amides is 2. The van der Waals surface area contributed by atoms with E-state index in [1.165, 1.54) is 0 Å². The molecule has 2 heterocycles. The minimum Gasteiger partial charge on any atom is -0.497 e. The van der Waals surface area contributed by atoms with Gasteiger partial charge >= 0.3 is 6.03 Å². The Labute approximate surface area is 138 Å². The third-order valence-corrected chi connectivity index (χ3v) is 4.42. The summed E-state index contributed by atoms with van der Waals surface area (Å²) >= 11 is 1.66. The molecule has 1 aliphatic heterocycles. The monoisotopic (exact) mass is 331 g/mol. The lowest BCUT2D eigenvalue weighted by molar-refractivity contribution is 0.257. The molecule has 0 unspecified atom stereocenters. The van der Waals surface area contributed by atoms with Gasteiger partial charge < -0.3 is 14.8 Å². The van der Waals surface area contributed by atoms with Crippen LogP contribution in [0.25, 0.3) is 0 Å². The van der Waals surface area contributed by atoms with Gasteiger partial charge in [0, 0.05) is 42.4 Å². The SMILES string of the molecule is COc1cc(NC(=O)N2CCSc3ncccc32)cc(OC)c1. The average molecular weight is 331 g/mol. The van der Waals surface area contributed by atoms with Crippen LogP contribution in [-0.4, -0.2) is 37.5 Å². The van der Waals surface area contributed by atoms with Crippen LogP contribution in [0.5, 0.6) is 11.5 Å². The summed E-state index contributed by atoms with van der Waals surface area (Å²) in [5, 5.41) is 3.76. The van der Waals surface area contributed by atoms with E-state index in [2.05, 4.69) is 10.3 Å². The molecule has 1 aromatic carbocycles. The second kappa shape index (κ2) is 6.78. The largest absolute Gasteiger partial charge is 0.497 e. The van der Waals surface area contributed by atoms with E-state index >= 15 is 0 Å². The number of aromatic nitrogens is 1. The zero-order valence-electron chi connectivity index (χ0n) is 12.9. The molecule has 0 radical (unpaired) electrons. The van der Waals surface area contributed by atoms with Crippen molar-refractivity contribution in [3.63, 3.8) is 0 Å². The van der Waals surface area contributed by atoms with E-state index in [4.69, 9.17) is 9.47 Å². The first-order valence-electron chi connectivity index (χ1n) is 7.10. The van der Waals surface area contributed by atoms with Gasteiger partial charge in [0.2, 0.25) is 0 Å². The van der Waals surface area contributed by atoms with Crippen LogP contribution in [0.4, 0.5) is 16.2 Å². The number of carbonyl (C=O) groups excluding carboxylic acids is 1. The number of pyridine rings is 1. The number of thioether (sulfide) groups is 1. The quantitative estimate of drug-likeness (QED) is 0.935. The van der Waals surface area contributed by atoms with Gasteiger partial charge in [-0.1, -0.05) is 0 Å². The van der Waals surface area contributed by atoms with E-state index in [0.717, 1.165) is 16.5 Å². The first-order valence-corrected chi connectivity index (χ1v) is 8.09. The van der Waals surface area contributed by atoms with Gasteiger partial charge in [-0.25, -0.2) is 9.78 Å². The Bertz CT molecular complexity index is 701. The van der Waals surface area contributed by atoms with Gasteiger partial charge in [-0.3, -0.25) is 4.90 Å². The van der Waals surface area contributed by atoms with Crippen LogP contribution in [0.3, 0.4) is 0 Å². The molecule has 6 nitrogen and oxygen atoms in total. The minimum absolute atomic E-state index is 0.199. The van der Waals surface area contributed by atoms with E-state index in [0.29, 0.717) is 23.7 Å². The topological polar surface area (TPSA) is 63.7 Å². The molecule has 0 bridgehead atoms. The highest BCUT2D eigenvalue weighted by atomic mass is 32.2. The predicted octanol–water partition coefficient (Wildman–Crippen LogP) is 3.24. The zero-order chi connectivity index (χ0) is 16.2. The Morgan fingerprint density at radius 1 is 1.26 bits per heavy atom. The van der Waals surface area contributed by atoms with E-state index in [1.54, 1.807) is 55.3 Å². The van der Waals surface area contributed by atoms with E-state index in [9.17, 15) is 4.79 Å². The van der Waals surface area contributed by atoms with Crippen molar-refractivity contribution in [1.82, 2.24) is 4.98 Å². The van der Waals surface area contributed by atoms with Gasteiger partial charge in [0.1, 0.15) is 16.5 Å². The average Bonchev–Trinajstić information content (AvgIpc) is 2.60. The summed E-state index contributed by atoms with van der Waals surface area (Å²) in [6, 6.07) is 8.80. The second-order valence-corrected chi connectivity index (χ2v) is 5.94. The maximum absolute atomic E-state index is 12.6. The molecule has 3 rings (SSSR count). The Morgan fingerprint density at radius 2 is 2.00 bits per heavy atom. The molecule has 1 aliphatic rings. The van der Waals surface area contributed by atoms with Gasteiger partial charge in [0.25, 0.3) is 0 Å². The molecule has 0 atom stereocenters. The number of nitrogens with one attached hydrogen (secondary N) is 1. The lowest BCUT2D eigenvalue weighted by Crippen LogP contribution is -2.38. The lowest BCUT2D eigenvalue weighted by atomic mass is 10.2. The van der Waals surface area contributed by atoms with Gasteiger partial charge in [-0.05, 0) is 12.1 Å². The summed E-state index contributed by atoms with van der Waals surface area (Å²) in [6.45, 7) is 0.635. The maximum atomic E-state index is 12.6. The standard InChI is InChI=1S/C16H17N3O3S/c1-21-12-8-11(9-13(10-12)22-2)18-16(20)19-6-7-23-15-14(19)4-3-5-17-15/h3-5,8-10H,6-7H2,1-2H3,(H,18,20). The van der Waals surface area contributed by atoms with Crippen molar-refractivity contribution in [3.05, 3.63) is 36.5 Å². The van der Waals surface area contributed by atoms with Crippen molar-refractivity contribution >= 4 is 29.2 Å². The summed E-state index contributed by atoms with van der Waals surface area (Å²) in [6.07, 6.45) is 1.74. The Hall–Kier alpha value is -2.41. The molecule has 23 heavy (non-hydrogen) atoms. The molecule has 0 saturated carbocycles. The number of rotatable bonds is 3. The van der Waals surface area contributed by atoms with Crippen LogP contribution in [0.15, 0.2) is 41.6 Å². The molecule has 0 saturated heterocycles. The van der Waals surface area contributed by atoms with Crippen molar-refractivity contribution in [3.8, 4) is 11.5 Å². The smallest absolute Gasteiger partial charge is 0.326 e. The minimum atomic E-state index is -0.199. The number of hydrogen-bond donors (Lipinski definition) is 1. The van der Waals surface area contributed by atoms with Gasteiger partial charge in [-0.15, -0.1) is 11.8 Å². The summed E-state index contributed by atoms with van der Waals surface area (Å²) in [5.74, 6) is 2.06. The first kappa shape index (κ1) is 15.5. The number of carbonyl (C=O) groups is 1. The Morgan fingerprint density at radius 3 is 2.70 bits per heavy atom. The number of methoxy groups -OCH3 is 2. The highest BCUT2D eigenvalue weighted by molar-refractivity contribution is 7.99. The van der Waals surface area contributed by atoms with Crippen LogP contribution >= 0.6 is 11.8 Å². The highest BCUT2D eigenvalue weighted by Crippen LogP contribution is 2.33. The molecule has 7 heteroatoms. The molecule has 2 amide bonds. The van der Waals surface area contributed by atoms with E-state index < -0.39 is 0 Å². The van der Waals surface area contributed by atoms with Crippen LogP contribution in [0.2, 0.25) is 0 Å². The van der Waals surface area contributed by atoms with Crippen LogP contribution in [-0.2, 0) is 0 Å². The molecular formula is C16H17N3O3S. The molecule has 120 valence electrons. The number of urea groups is 1. The summed E-state index contributed by atoms with van der Waals surface area (Å²) in [5.41, 5.74) is 1.45. The molecule has 0 fully saturated rings. The van der Waals surface area contributed by atoms with Gasteiger partial charge in [0.05, 0.1) is 19.9 Å². The molecule has 0 aliphatic carbocycles. The number of benzene rings is 1. The number of anilines is 2. The summed E-state index contributed by atoms with van der Waals surface area (Å²) in [4.78, 5) is 18.6. The maximum Gasteiger partial charge on any atom is 0.326 e. The molecule has 1 aromatic heterocycles. The molecular weight excluding hydrogens is 314 g/mol. The second-order valence-electron chi connectivity index (χ2n) is 4.86. The van der Waals surface area contributed by atoms with Gasteiger partial charge in [0.15, 0.2) is 0 Å². The van der Waals surface area contributed by atoms with E-state index in [-0.39, 0.29) is 6.03 Å². The van der Waals surface area contributed by atoms with Crippen LogP contribution in [0.1, 0.15) is 0 Å². The number of hydrogen-bond acceptors (Lipinski definition) is 5. The van der Waals surface area contributed by atoms with Gasteiger partial charge in [-0.2, -0.15) is 0 Å². The summed E-state index contributed by atoms with van der Waals surface area (Å²) < 4.78 is 10.4. The molecule has 1 N–H and O–H groups in total. The first-order chi connectivity index (χ1) is 11.2. The third kappa shape index (κ3) is 3.34. The predicted molar refractivity (Wildman–Crippen MR) is 90.9 cm³/mol. The number of ether oxygens (including phenoxy) is 2. The van der Waals surface area contributed by atoms with Crippen molar-refractivity contribution in [2.24, 2.45) is 0 Å². The Balaban J connectivity index is 1.83. The van der Waals surface area contributed by atoms with Crippen LogP contribution < -0.4 is 19.7 Å². The molecule has 0 spiro atoms. The third-order valence-electron chi connectivity index (χ3n) is 3.44. The van der Waals surface area contributed by atoms with Crippen molar-refractivity contribution in [2.75, 3.05) is 36.7 Å². The number of nitrogens with zero attached hydrogens (tertiary/aromatic N) is 2. The van der Waals surface area contributed by atoms with Crippen molar-refractivity contribution < 1.29 is 14.3 Å². The number of fused-ring (bicyclic) bond motifs is 1. The fourth-order valence-corrected chi connectivity index (χ4v) is 3.26. The zero-order valence-corrected chi connectivity index (χ0v) is 13.7. The van der Waals surface area contributed by atoms with E-state index in [1.807, 2.05) is 12.1 Å². The highest BCUT2D eigenvalue weighted by Gasteiger charge is 2.23. The van der Waals surface area contributed by atoms with Crippen LogP contribution in [0, 0.1) is 0 Å². The van der Waals surface area contributed by atoms with Crippen molar-refractivity contribution in [1.29, 1.82) is 0 Å².